The Bertz CT molecular complexity index is 308. The monoisotopic (exact) mass is 272 g/mol. The van der Waals surface area contributed by atoms with E-state index in [9.17, 15) is 14.4 Å². The Labute approximate surface area is 112 Å². The first-order chi connectivity index (χ1) is 8.97. The molecule has 1 N–H and O–H groups in total. The van der Waals surface area contributed by atoms with Crippen molar-refractivity contribution < 1.29 is 29.0 Å². The van der Waals surface area contributed by atoms with Gasteiger partial charge in [0.2, 0.25) is 0 Å². The summed E-state index contributed by atoms with van der Waals surface area (Å²) in [5.41, 5.74) is 0. The molecular formula is C13H20O6. The zero-order valence-electron chi connectivity index (χ0n) is 11.1. The van der Waals surface area contributed by atoms with Crippen LogP contribution >= 0.6 is 0 Å². The highest BCUT2D eigenvalue weighted by atomic mass is 16.5. The molecule has 6 heteroatoms. The summed E-state index contributed by atoms with van der Waals surface area (Å²) in [6.45, 7) is 8.86. The highest BCUT2D eigenvalue weighted by Crippen LogP contribution is 1.88. The van der Waals surface area contributed by atoms with Crippen LogP contribution in [0.2, 0.25) is 0 Å². The van der Waals surface area contributed by atoms with Crippen molar-refractivity contribution in [3.05, 3.63) is 25.3 Å². The zero-order chi connectivity index (χ0) is 15.1. The second-order valence-corrected chi connectivity index (χ2v) is 3.24. The third-order valence-electron chi connectivity index (χ3n) is 1.64. The van der Waals surface area contributed by atoms with Crippen LogP contribution in [0.5, 0.6) is 0 Å². The van der Waals surface area contributed by atoms with E-state index in [0.29, 0.717) is 6.61 Å². The van der Waals surface area contributed by atoms with Gasteiger partial charge in [-0.2, -0.15) is 0 Å². The summed E-state index contributed by atoms with van der Waals surface area (Å²) in [7, 11) is 0. The minimum atomic E-state index is -0.989. The van der Waals surface area contributed by atoms with Crippen molar-refractivity contribution in [2.45, 2.75) is 26.2 Å². The lowest BCUT2D eigenvalue weighted by Crippen LogP contribution is -2.06. The Balaban J connectivity index is 0. The summed E-state index contributed by atoms with van der Waals surface area (Å²) in [6.07, 6.45) is 3.97. The van der Waals surface area contributed by atoms with Gasteiger partial charge in [0, 0.05) is 12.2 Å². The summed E-state index contributed by atoms with van der Waals surface area (Å²) in [6, 6.07) is 0. The van der Waals surface area contributed by atoms with Gasteiger partial charge in [0.15, 0.2) is 0 Å². The number of carboxylic acids is 1. The van der Waals surface area contributed by atoms with Gasteiger partial charge in [-0.05, 0) is 6.42 Å². The van der Waals surface area contributed by atoms with Gasteiger partial charge in [0.1, 0.15) is 6.61 Å². The number of ether oxygens (including phenoxy) is 2. The van der Waals surface area contributed by atoms with E-state index in [-0.39, 0.29) is 19.0 Å². The number of hydrogen-bond acceptors (Lipinski definition) is 5. The van der Waals surface area contributed by atoms with E-state index in [1.165, 1.54) is 6.08 Å². The fourth-order valence-corrected chi connectivity index (χ4v) is 0.674. The highest BCUT2D eigenvalue weighted by molar-refractivity contribution is 5.81. The Hall–Kier alpha value is -2.11. The lowest BCUT2D eigenvalue weighted by Gasteiger charge is -1.97. The molecule has 0 aliphatic rings. The Morgan fingerprint density at radius 2 is 1.53 bits per heavy atom. The third-order valence-corrected chi connectivity index (χ3v) is 1.64. The summed E-state index contributed by atoms with van der Waals surface area (Å²) in [5, 5.41) is 8.08. The molecule has 0 radical (unpaired) electrons. The molecule has 0 amide bonds. The first-order valence-electron chi connectivity index (χ1n) is 5.78. The van der Waals surface area contributed by atoms with Crippen LogP contribution in [0.3, 0.4) is 0 Å². The van der Waals surface area contributed by atoms with E-state index in [4.69, 9.17) is 5.11 Å². The van der Waals surface area contributed by atoms with Gasteiger partial charge < -0.3 is 14.6 Å². The molecule has 0 heterocycles. The summed E-state index contributed by atoms with van der Waals surface area (Å²) < 4.78 is 9.04. The molecule has 6 nitrogen and oxygen atoms in total. The zero-order valence-corrected chi connectivity index (χ0v) is 11.1. The molecule has 0 atom stereocenters. The van der Waals surface area contributed by atoms with E-state index < -0.39 is 11.9 Å². The van der Waals surface area contributed by atoms with Crippen molar-refractivity contribution >= 4 is 17.9 Å². The van der Waals surface area contributed by atoms with Gasteiger partial charge >= 0.3 is 17.9 Å². The molecule has 0 fully saturated rings. The van der Waals surface area contributed by atoms with Crippen LogP contribution in [0.1, 0.15) is 26.2 Å². The summed E-state index contributed by atoms with van der Waals surface area (Å²) in [5.74, 6) is -1.92. The molecule has 0 bridgehead atoms. The van der Waals surface area contributed by atoms with Crippen LogP contribution in [0.25, 0.3) is 0 Å². The van der Waals surface area contributed by atoms with Crippen LogP contribution in [0.15, 0.2) is 25.3 Å². The molecule has 0 saturated heterocycles. The van der Waals surface area contributed by atoms with Gasteiger partial charge in [-0.25, -0.2) is 9.59 Å². The molecule has 0 aliphatic heterocycles. The fourth-order valence-electron chi connectivity index (χ4n) is 0.674. The van der Waals surface area contributed by atoms with Crippen molar-refractivity contribution in [3.8, 4) is 0 Å². The number of hydrogen-bond donors (Lipinski definition) is 1. The second-order valence-electron chi connectivity index (χ2n) is 3.24. The molecule has 108 valence electrons. The number of unbranched alkanes of at least 4 members (excludes halogenated alkanes) is 1. The van der Waals surface area contributed by atoms with Gasteiger partial charge in [0.05, 0.1) is 13.0 Å². The van der Waals surface area contributed by atoms with Crippen molar-refractivity contribution in [1.82, 2.24) is 0 Å². The summed E-state index contributed by atoms with van der Waals surface area (Å²) >= 11 is 0. The van der Waals surface area contributed by atoms with Gasteiger partial charge in [-0.1, -0.05) is 26.5 Å². The average Bonchev–Trinajstić information content (AvgIpc) is 2.38. The van der Waals surface area contributed by atoms with E-state index in [2.05, 4.69) is 22.6 Å². The van der Waals surface area contributed by atoms with Crippen LogP contribution in [0, 0.1) is 0 Å². The molecule has 0 saturated carbocycles. The SMILES string of the molecule is C=CC(=O)OCCC(=O)O.C=CC(=O)OCCCC. The molecule has 0 unspecified atom stereocenters. The predicted octanol–water partition coefficient (Wildman–Crippen LogP) is 1.71. The number of carbonyl (C=O) groups excluding carboxylic acids is 2. The number of carboxylic acid groups (broad SMARTS) is 1. The molecule has 0 rings (SSSR count). The molecule has 0 aromatic heterocycles. The molecule has 0 aliphatic carbocycles. The minimum Gasteiger partial charge on any atom is -0.481 e. The van der Waals surface area contributed by atoms with E-state index in [1.807, 2.05) is 6.92 Å². The van der Waals surface area contributed by atoms with Crippen molar-refractivity contribution in [2.75, 3.05) is 13.2 Å². The number of rotatable bonds is 8. The minimum absolute atomic E-state index is 0.0970. The Morgan fingerprint density at radius 1 is 1.05 bits per heavy atom. The topological polar surface area (TPSA) is 89.9 Å². The van der Waals surface area contributed by atoms with Gasteiger partial charge in [-0.3, -0.25) is 4.79 Å². The first kappa shape index (κ1) is 19.2. The molecule has 0 spiro atoms. The van der Waals surface area contributed by atoms with Crippen molar-refractivity contribution in [1.29, 1.82) is 0 Å². The standard InChI is InChI=1S/C7H12O2.C6H8O4/c1-3-5-6-9-7(8)4-2;1-2-6(9)10-4-3-5(7)8/h4H,2-3,5-6H2,1H3;2H,1,3-4H2,(H,7,8). The quantitative estimate of drug-likeness (QED) is 0.411. The van der Waals surface area contributed by atoms with Crippen LogP contribution in [-0.2, 0) is 23.9 Å². The van der Waals surface area contributed by atoms with Gasteiger partial charge in [0.25, 0.3) is 0 Å². The number of aliphatic carboxylic acids is 1. The van der Waals surface area contributed by atoms with E-state index >= 15 is 0 Å². The highest BCUT2D eigenvalue weighted by Gasteiger charge is 1.98. The lowest BCUT2D eigenvalue weighted by molar-refractivity contribution is -0.143. The maximum Gasteiger partial charge on any atom is 0.330 e. The number of esters is 2. The number of carbonyl (C=O) groups is 3. The molecular weight excluding hydrogens is 252 g/mol. The van der Waals surface area contributed by atoms with E-state index in [1.54, 1.807) is 0 Å². The third kappa shape index (κ3) is 18.5. The second kappa shape index (κ2) is 14.0. The summed E-state index contributed by atoms with van der Waals surface area (Å²) in [4.78, 5) is 30.5. The fraction of sp³-hybridized carbons (Fsp3) is 0.462. The van der Waals surface area contributed by atoms with E-state index in [0.717, 1.165) is 18.9 Å². The predicted molar refractivity (Wildman–Crippen MR) is 69.5 cm³/mol. The Morgan fingerprint density at radius 3 is 1.89 bits per heavy atom. The molecule has 0 aromatic rings. The van der Waals surface area contributed by atoms with Crippen LogP contribution in [-0.4, -0.2) is 36.2 Å². The average molecular weight is 272 g/mol. The normalized spacial score (nSPS) is 8.47. The van der Waals surface area contributed by atoms with Gasteiger partial charge in [-0.15, -0.1) is 0 Å². The largest absolute Gasteiger partial charge is 0.481 e. The van der Waals surface area contributed by atoms with Crippen LogP contribution < -0.4 is 0 Å². The molecule has 0 aromatic carbocycles. The van der Waals surface area contributed by atoms with Crippen LogP contribution in [0.4, 0.5) is 0 Å². The first-order valence-corrected chi connectivity index (χ1v) is 5.78. The molecule has 19 heavy (non-hydrogen) atoms. The lowest BCUT2D eigenvalue weighted by atomic mass is 10.4. The maximum absolute atomic E-state index is 10.3. The Kier molecular flexibility index (Phi) is 14.1. The maximum atomic E-state index is 10.3. The van der Waals surface area contributed by atoms with Crippen molar-refractivity contribution in [3.63, 3.8) is 0 Å². The van der Waals surface area contributed by atoms with Crippen molar-refractivity contribution in [2.24, 2.45) is 0 Å². The smallest absolute Gasteiger partial charge is 0.330 e.